The summed E-state index contributed by atoms with van der Waals surface area (Å²) in [6.07, 6.45) is 3.74. The summed E-state index contributed by atoms with van der Waals surface area (Å²) in [5.74, 6) is 0.853. The van der Waals surface area contributed by atoms with Crippen molar-refractivity contribution in [1.29, 1.82) is 0 Å². The molecule has 0 fully saturated rings. The number of aromatic nitrogens is 4. The van der Waals surface area contributed by atoms with Crippen LogP contribution in [0.2, 0.25) is 0 Å². The van der Waals surface area contributed by atoms with E-state index < -0.39 is 0 Å². The van der Waals surface area contributed by atoms with Crippen LogP contribution in [0.4, 0.5) is 5.82 Å². The molecule has 1 N–H and O–H groups in total. The first-order valence-corrected chi connectivity index (χ1v) is 6.72. The number of imidazole rings is 1. The van der Waals surface area contributed by atoms with Crippen molar-refractivity contribution in [2.24, 2.45) is 0 Å². The van der Waals surface area contributed by atoms with Gasteiger partial charge in [-0.2, -0.15) is 0 Å². The largest absolute Gasteiger partial charge is 0.369 e. The summed E-state index contributed by atoms with van der Waals surface area (Å²) < 4.78 is 2.03. The highest BCUT2D eigenvalue weighted by molar-refractivity contribution is 5.66. The first kappa shape index (κ1) is 12.6. The molecule has 3 aromatic heterocycles. The highest BCUT2D eigenvalue weighted by Gasteiger charge is 2.13. The Balaban J connectivity index is 2.20. The predicted octanol–water partition coefficient (Wildman–Crippen LogP) is 2.84. The van der Waals surface area contributed by atoms with Gasteiger partial charge in [0.25, 0.3) is 0 Å². The number of anilines is 1. The Bertz CT molecular complexity index is 760. The minimum atomic E-state index is 0.839. The van der Waals surface area contributed by atoms with Crippen molar-refractivity contribution in [3.05, 3.63) is 41.7 Å². The standard InChI is InChI=1S/C15H17N5/c1-4-16-15-11(3)10(2)14(18-19-15)12-6-5-7-13-17-8-9-20(12)13/h5-9H,4H2,1-3H3,(H,16,19). The van der Waals surface area contributed by atoms with Gasteiger partial charge < -0.3 is 5.32 Å². The summed E-state index contributed by atoms with van der Waals surface area (Å²) in [5.41, 5.74) is 5.09. The maximum atomic E-state index is 4.40. The van der Waals surface area contributed by atoms with Crippen molar-refractivity contribution >= 4 is 11.5 Å². The van der Waals surface area contributed by atoms with Gasteiger partial charge in [-0.25, -0.2) is 4.98 Å². The van der Waals surface area contributed by atoms with Gasteiger partial charge in [-0.3, -0.25) is 4.40 Å². The van der Waals surface area contributed by atoms with E-state index in [1.165, 1.54) is 0 Å². The molecular weight excluding hydrogens is 250 g/mol. The number of hydrogen-bond donors (Lipinski definition) is 1. The molecule has 3 aromatic rings. The molecule has 0 radical (unpaired) electrons. The van der Waals surface area contributed by atoms with E-state index in [0.29, 0.717) is 0 Å². The van der Waals surface area contributed by atoms with Gasteiger partial charge in [-0.05, 0) is 44.0 Å². The lowest BCUT2D eigenvalue weighted by molar-refractivity contribution is 0.975. The summed E-state index contributed by atoms with van der Waals surface area (Å²) in [6.45, 7) is 7.04. The third-order valence-electron chi connectivity index (χ3n) is 3.54. The number of rotatable bonds is 3. The van der Waals surface area contributed by atoms with Crippen molar-refractivity contribution in [3.63, 3.8) is 0 Å². The second-order valence-electron chi connectivity index (χ2n) is 4.74. The van der Waals surface area contributed by atoms with E-state index in [1.807, 2.05) is 28.8 Å². The molecule has 3 rings (SSSR count). The zero-order valence-corrected chi connectivity index (χ0v) is 11.9. The van der Waals surface area contributed by atoms with Crippen molar-refractivity contribution in [1.82, 2.24) is 19.6 Å². The first-order valence-electron chi connectivity index (χ1n) is 6.72. The third kappa shape index (κ3) is 1.91. The summed E-state index contributed by atoms with van der Waals surface area (Å²) in [7, 11) is 0. The maximum absolute atomic E-state index is 4.40. The van der Waals surface area contributed by atoms with E-state index in [4.69, 9.17) is 0 Å². The highest BCUT2D eigenvalue weighted by Crippen LogP contribution is 2.26. The number of nitrogens with zero attached hydrogens (tertiary/aromatic N) is 4. The second-order valence-corrected chi connectivity index (χ2v) is 4.74. The Morgan fingerprint density at radius 1 is 1.15 bits per heavy atom. The molecule has 5 nitrogen and oxygen atoms in total. The molecular formula is C15H17N5. The van der Waals surface area contributed by atoms with Gasteiger partial charge in [0.1, 0.15) is 11.3 Å². The van der Waals surface area contributed by atoms with Crippen molar-refractivity contribution in [3.8, 4) is 11.4 Å². The molecule has 0 unspecified atom stereocenters. The lowest BCUT2D eigenvalue weighted by Gasteiger charge is -2.12. The molecule has 5 heteroatoms. The van der Waals surface area contributed by atoms with E-state index >= 15 is 0 Å². The minimum absolute atomic E-state index is 0.839. The predicted molar refractivity (Wildman–Crippen MR) is 79.9 cm³/mol. The maximum Gasteiger partial charge on any atom is 0.151 e. The normalized spacial score (nSPS) is 10.9. The molecule has 0 spiro atoms. The van der Waals surface area contributed by atoms with Gasteiger partial charge in [-0.15, -0.1) is 10.2 Å². The Hall–Kier alpha value is -2.43. The van der Waals surface area contributed by atoms with Crippen LogP contribution in [0, 0.1) is 13.8 Å². The molecule has 0 amide bonds. The lowest BCUT2D eigenvalue weighted by atomic mass is 10.1. The smallest absolute Gasteiger partial charge is 0.151 e. The minimum Gasteiger partial charge on any atom is -0.369 e. The van der Waals surface area contributed by atoms with Gasteiger partial charge in [0, 0.05) is 18.9 Å². The molecule has 0 saturated heterocycles. The number of pyridine rings is 1. The van der Waals surface area contributed by atoms with Gasteiger partial charge in [-0.1, -0.05) is 6.07 Å². The van der Waals surface area contributed by atoms with Gasteiger partial charge >= 0.3 is 0 Å². The van der Waals surface area contributed by atoms with Crippen molar-refractivity contribution in [2.75, 3.05) is 11.9 Å². The molecule has 0 bridgehead atoms. The number of fused-ring (bicyclic) bond motifs is 1. The third-order valence-corrected chi connectivity index (χ3v) is 3.54. The van der Waals surface area contributed by atoms with Crippen LogP contribution in [0.1, 0.15) is 18.1 Å². The second kappa shape index (κ2) is 4.92. The van der Waals surface area contributed by atoms with Crippen molar-refractivity contribution in [2.45, 2.75) is 20.8 Å². The Labute approximate surface area is 117 Å². The summed E-state index contributed by atoms with van der Waals surface area (Å²) >= 11 is 0. The van der Waals surface area contributed by atoms with E-state index in [2.05, 4.69) is 41.3 Å². The van der Waals surface area contributed by atoms with E-state index in [-0.39, 0.29) is 0 Å². The van der Waals surface area contributed by atoms with Crippen LogP contribution in [0.15, 0.2) is 30.6 Å². The topological polar surface area (TPSA) is 55.1 Å². The van der Waals surface area contributed by atoms with Crippen LogP contribution in [0.3, 0.4) is 0 Å². The Kier molecular flexibility index (Phi) is 3.10. The number of hydrogen-bond acceptors (Lipinski definition) is 4. The number of nitrogens with one attached hydrogen (secondary N) is 1. The molecule has 102 valence electrons. The Morgan fingerprint density at radius 3 is 2.80 bits per heavy atom. The van der Waals surface area contributed by atoms with Crippen LogP contribution in [0.5, 0.6) is 0 Å². The van der Waals surface area contributed by atoms with E-state index in [9.17, 15) is 0 Å². The van der Waals surface area contributed by atoms with Crippen LogP contribution in [-0.2, 0) is 0 Å². The molecule has 0 aliphatic carbocycles. The fourth-order valence-corrected chi connectivity index (χ4v) is 2.32. The van der Waals surface area contributed by atoms with Crippen LogP contribution >= 0.6 is 0 Å². The fraction of sp³-hybridized carbons (Fsp3) is 0.267. The summed E-state index contributed by atoms with van der Waals surface area (Å²) in [6, 6.07) is 6.01. The van der Waals surface area contributed by atoms with E-state index in [0.717, 1.165) is 40.5 Å². The van der Waals surface area contributed by atoms with Gasteiger partial charge in [0.15, 0.2) is 5.82 Å². The molecule has 0 aliphatic rings. The average molecular weight is 267 g/mol. The molecule has 0 saturated carbocycles. The summed E-state index contributed by atoms with van der Waals surface area (Å²) in [5, 5.41) is 11.9. The lowest BCUT2D eigenvalue weighted by Crippen LogP contribution is -2.07. The van der Waals surface area contributed by atoms with Crippen LogP contribution in [0.25, 0.3) is 17.0 Å². The quantitative estimate of drug-likeness (QED) is 0.792. The zero-order chi connectivity index (χ0) is 14.1. The fourth-order valence-electron chi connectivity index (χ4n) is 2.32. The molecule has 0 atom stereocenters. The first-order chi connectivity index (χ1) is 9.72. The van der Waals surface area contributed by atoms with E-state index in [1.54, 1.807) is 6.20 Å². The molecule has 0 aromatic carbocycles. The highest BCUT2D eigenvalue weighted by atomic mass is 15.2. The zero-order valence-electron chi connectivity index (χ0n) is 11.9. The Morgan fingerprint density at radius 2 is 2.00 bits per heavy atom. The van der Waals surface area contributed by atoms with Crippen molar-refractivity contribution < 1.29 is 0 Å². The summed E-state index contributed by atoms with van der Waals surface area (Å²) in [4.78, 5) is 4.31. The monoisotopic (exact) mass is 267 g/mol. The van der Waals surface area contributed by atoms with Crippen LogP contribution < -0.4 is 5.32 Å². The SMILES string of the molecule is CCNc1nnc(-c2cccc3nccn23)c(C)c1C. The molecule has 3 heterocycles. The van der Waals surface area contributed by atoms with Gasteiger partial charge in [0.05, 0.1) is 5.69 Å². The van der Waals surface area contributed by atoms with Gasteiger partial charge in [0.2, 0.25) is 0 Å². The molecule has 0 aliphatic heterocycles. The van der Waals surface area contributed by atoms with Crippen LogP contribution in [-0.4, -0.2) is 26.1 Å². The molecule has 20 heavy (non-hydrogen) atoms. The average Bonchev–Trinajstić information content (AvgIpc) is 2.93.